The number of hydrogen-bond acceptors (Lipinski definition) is 4. The van der Waals surface area contributed by atoms with E-state index in [0.717, 1.165) is 26.9 Å². The number of H-pyrrole nitrogens is 1. The molecule has 0 saturated carbocycles. The standard InChI is InChI=1S/C22H22N4O4/c1-30-19-9-5-2-6-14(19)11-24-20(27)13-26-21(28)18(25-22(26)29)10-15-12-23-17-8-4-3-7-16(15)17/h2-9,12,18,23H,10-11,13H2,1H3,(H,24,27)(H,25,29)/t18-/m1/s1. The SMILES string of the molecule is COc1ccccc1CNC(=O)CN1C(=O)N[C@H](Cc2c[nH]c3ccccc23)C1=O. The summed E-state index contributed by atoms with van der Waals surface area (Å²) in [5, 5.41) is 6.41. The number of para-hydroxylation sites is 2. The maximum Gasteiger partial charge on any atom is 0.325 e. The number of aromatic nitrogens is 1. The van der Waals surface area contributed by atoms with Gasteiger partial charge < -0.3 is 20.4 Å². The van der Waals surface area contributed by atoms with Crippen LogP contribution in [0, 0.1) is 0 Å². The highest BCUT2D eigenvalue weighted by atomic mass is 16.5. The average Bonchev–Trinajstić information content (AvgIpc) is 3.29. The summed E-state index contributed by atoms with van der Waals surface area (Å²) in [7, 11) is 1.56. The molecule has 3 aromatic rings. The molecule has 0 spiro atoms. The summed E-state index contributed by atoms with van der Waals surface area (Å²) in [5.41, 5.74) is 2.71. The molecule has 1 saturated heterocycles. The van der Waals surface area contributed by atoms with Gasteiger partial charge in [0, 0.05) is 35.6 Å². The number of benzene rings is 2. The van der Waals surface area contributed by atoms with Crippen LogP contribution < -0.4 is 15.4 Å². The zero-order chi connectivity index (χ0) is 21.1. The summed E-state index contributed by atoms with van der Waals surface area (Å²) in [6.07, 6.45) is 2.20. The second-order valence-electron chi connectivity index (χ2n) is 7.08. The van der Waals surface area contributed by atoms with Gasteiger partial charge in [-0.3, -0.25) is 14.5 Å². The lowest BCUT2D eigenvalue weighted by Crippen LogP contribution is -2.41. The van der Waals surface area contributed by atoms with Crippen molar-refractivity contribution in [3.8, 4) is 5.75 Å². The number of ether oxygens (including phenoxy) is 1. The minimum Gasteiger partial charge on any atom is -0.496 e. The zero-order valence-electron chi connectivity index (χ0n) is 16.5. The van der Waals surface area contributed by atoms with E-state index in [2.05, 4.69) is 15.6 Å². The van der Waals surface area contributed by atoms with E-state index in [-0.39, 0.29) is 13.1 Å². The Labute approximate surface area is 173 Å². The van der Waals surface area contributed by atoms with Crippen molar-refractivity contribution < 1.29 is 19.1 Å². The number of amides is 4. The molecule has 4 amide bonds. The number of rotatable bonds is 7. The van der Waals surface area contributed by atoms with Gasteiger partial charge in [0.2, 0.25) is 5.91 Å². The van der Waals surface area contributed by atoms with Gasteiger partial charge in [0.25, 0.3) is 5.91 Å². The van der Waals surface area contributed by atoms with Gasteiger partial charge in [-0.25, -0.2) is 4.79 Å². The number of imide groups is 1. The van der Waals surface area contributed by atoms with Crippen LogP contribution in [0.25, 0.3) is 10.9 Å². The Bertz CT molecular complexity index is 1110. The van der Waals surface area contributed by atoms with E-state index in [1.807, 2.05) is 48.7 Å². The van der Waals surface area contributed by atoms with Crippen molar-refractivity contribution >= 4 is 28.7 Å². The number of hydrogen-bond donors (Lipinski definition) is 3. The molecule has 30 heavy (non-hydrogen) atoms. The van der Waals surface area contributed by atoms with Gasteiger partial charge in [-0.05, 0) is 17.7 Å². The van der Waals surface area contributed by atoms with Crippen LogP contribution in [0.5, 0.6) is 5.75 Å². The van der Waals surface area contributed by atoms with E-state index in [1.54, 1.807) is 13.2 Å². The van der Waals surface area contributed by atoms with Crippen LogP contribution in [-0.2, 0) is 22.6 Å². The first-order valence-corrected chi connectivity index (χ1v) is 9.62. The minimum absolute atomic E-state index is 0.241. The first-order chi connectivity index (χ1) is 14.6. The Morgan fingerprint density at radius 3 is 2.70 bits per heavy atom. The molecule has 0 aliphatic carbocycles. The monoisotopic (exact) mass is 406 g/mol. The maximum absolute atomic E-state index is 12.7. The lowest BCUT2D eigenvalue weighted by molar-refractivity contribution is -0.132. The molecule has 0 unspecified atom stereocenters. The number of aromatic amines is 1. The van der Waals surface area contributed by atoms with Crippen LogP contribution in [0.1, 0.15) is 11.1 Å². The number of nitrogens with zero attached hydrogens (tertiary/aromatic N) is 1. The highest BCUT2D eigenvalue weighted by molar-refractivity contribution is 6.06. The van der Waals surface area contributed by atoms with Crippen molar-refractivity contribution in [2.24, 2.45) is 0 Å². The Morgan fingerprint density at radius 1 is 1.10 bits per heavy atom. The van der Waals surface area contributed by atoms with Gasteiger partial charge in [-0.2, -0.15) is 0 Å². The summed E-state index contributed by atoms with van der Waals surface area (Å²) in [6.45, 7) is -0.0878. The van der Waals surface area contributed by atoms with E-state index in [4.69, 9.17) is 4.74 Å². The van der Waals surface area contributed by atoms with Gasteiger partial charge in [-0.1, -0.05) is 36.4 Å². The van der Waals surface area contributed by atoms with Crippen molar-refractivity contribution in [1.29, 1.82) is 0 Å². The Morgan fingerprint density at radius 2 is 1.87 bits per heavy atom. The van der Waals surface area contributed by atoms with Gasteiger partial charge in [0.15, 0.2) is 0 Å². The molecule has 1 atom stereocenters. The van der Waals surface area contributed by atoms with E-state index in [9.17, 15) is 14.4 Å². The Kier molecular flexibility index (Phi) is 5.38. The summed E-state index contributed by atoms with van der Waals surface area (Å²) in [6, 6.07) is 13.8. The van der Waals surface area contributed by atoms with Crippen molar-refractivity contribution in [2.75, 3.05) is 13.7 Å². The molecule has 2 heterocycles. The molecule has 3 N–H and O–H groups in total. The van der Waals surface area contributed by atoms with Gasteiger partial charge in [0.1, 0.15) is 18.3 Å². The third-order valence-electron chi connectivity index (χ3n) is 5.18. The first kappa shape index (κ1) is 19.5. The third kappa shape index (κ3) is 3.84. The second-order valence-corrected chi connectivity index (χ2v) is 7.08. The Hall–Kier alpha value is -3.81. The number of carbonyl (C=O) groups is 3. The smallest absolute Gasteiger partial charge is 0.325 e. The maximum atomic E-state index is 12.7. The molecule has 8 nitrogen and oxygen atoms in total. The van der Waals surface area contributed by atoms with Crippen LogP contribution in [-0.4, -0.2) is 47.4 Å². The van der Waals surface area contributed by atoms with E-state index < -0.39 is 23.9 Å². The molecule has 154 valence electrons. The predicted molar refractivity (Wildman–Crippen MR) is 111 cm³/mol. The molecule has 1 aromatic heterocycles. The molecule has 2 aromatic carbocycles. The number of urea groups is 1. The summed E-state index contributed by atoms with van der Waals surface area (Å²) < 4.78 is 5.26. The van der Waals surface area contributed by atoms with Crippen molar-refractivity contribution in [3.63, 3.8) is 0 Å². The van der Waals surface area contributed by atoms with Gasteiger partial charge >= 0.3 is 6.03 Å². The van der Waals surface area contributed by atoms with E-state index in [0.29, 0.717) is 12.2 Å². The number of nitrogens with one attached hydrogen (secondary N) is 3. The molecule has 1 aliphatic rings. The fourth-order valence-corrected chi connectivity index (χ4v) is 3.63. The normalized spacial score (nSPS) is 16.0. The van der Waals surface area contributed by atoms with Crippen molar-refractivity contribution in [2.45, 2.75) is 19.0 Å². The second kappa shape index (κ2) is 8.28. The molecular weight excluding hydrogens is 384 g/mol. The van der Waals surface area contributed by atoms with Crippen molar-refractivity contribution in [3.05, 3.63) is 65.9 Å². The highest BCUT2D eigenvalue weighted by Gasteiger charge is 2.39. The van der Waals surface area contributed by atoms with Crippen LogP contribution in [0.2, 0.25) is 0 Å². The fourth-order valence-electron chi connectivity index (χ4n) is 3.63. The van der Waals surface area contributed by atoms with E-state index >= 15 is 0 Å². The number of fused-ring (bicyclic) bond motifs is 1. The zero-order valence-corrected chi connectivity index (χ0v) is 16.5. The van der Waals surface area contributed by atoms with Crippen LogP contribution >= 0.6 is 0 Å². The lowest BCUT2D eigenvalue weighted by atomic mass is 10.1. The van der Waals surface area contributed by atoms with Gasteiger partial charge in [-0.15, -0.1) is 0 Å². The van der Waals surface area contributed by atoms with Crippen LogP contribution in [0.15, 0.2) is 54.7 Å². The molecule has 0 radical (unpaired) electrons. The topological polar surface area (TPSA) is 104 Å². The minimum atomic E-state index is -0.696. The number of carbonyl (C=O) groups excluding carboxylic acids is 3. The number of methoxy groups -OCH3 is 1. The first-order valence-electron chi connectivity index (χ1n) is 9.62. The molecule has 0 bridgehead atoms. The predicted octanol–water partition coefficient (Wildman–Crippen LogP) is 1.96. The van der Waals surface area contributed by atoms with E-state index in [1.165, 1.54) is 0 Å². The quantitative estimate of drug-likeness (QED) is 0.522. The molecule has 4 rings (SSSR count). The molecule has 1 aliphatic heterocycles. The largest absolute Gasteiger partial charge is 0.496 e. The summed E-state index contributed by atoms with van der Waals surface area (Å²) >= 11 is 0. The summed E-state index contributed by atoms with van der Waals surface area (Å²) in [5.74, 6) is -0.165. The Balaban J connectivity index is 1.37. The molecule has 8 heteroatoms. The van der Waals surface area contributed by atoms with Crippen LogP contribution in [0.4, 0.5) is 4.79 Å². The van der Waals surface area contributed by atoms with Crippen molar-refractivity contribution in [1.82, 2.24) is 20.5 Å². The molecular formula is C22H22N4O4. The molecule has 1 fully saturated rings. The average molecular weight is 406 g/mol. The van der Waals surface area contributed by atoms with Gasteiger partial charge in [0.05, 0.1) is 7.11 Å². The third-order valence-corrected chi connectivity index (χ3v) is 5.18. The lowest BCUT2D eigenvalue weighted by Gasteiger charge is -2.14. The highest BCUT2D eigenvalue weighted by Crippen LogP contribution is 2.21. The summed E-state index contributed by atoms with van der Waals surface area (Å²) in [4.78, 5) is 41.5. The van der Waals surface area contributed by atoms with Crippen LogP contribution in [0.3, 0.4) is 0 Å². The fraction of sp³-hybridized carbons (Fsp3) is 0.227.